The number of aromatic nitrogens is 3. The number of fused-ring (bicyclic) bond motifs is 3. The molecule has 41 heavy (non-hydrogen) atoms. The van der Waals surface area contributed by atoms with Gasteiger partial charge in [-0.2, -0.15) is 26.6 Å². The van der Waals surface area contributed by atoms with E-state index >= 15 is 0 Å². The Morgan fingerprint density at radius 3 is 2.63 bits per heavy atom. The Balaban J connectivity index is 1.26. The number of alkyl halides is 3. The molecule has 0 bridgehead atoms. The summed E-state index contributed by atoms with van der Waals surface area (Å²) in [6.07, 6.45) is -3.29. The van der Waals surface area contributed by atoms with Crippen molar-refractivity contribution in [2.75, 3.05) is 23.8 Å². The van der Waals surface area contributed by atoms with Crippen LogP contribution in [0.2, 0.25) is 0 Å². The fraction of sp³-hybridized carbons (Fsp3) is 0.400. The van der Waals surface area contributed by atoms with E-state index in [-0.39, 0.29) is 49.4 Å². The summed E-state index contributed by atoms with van der Waals surface area (Å²) in [6.45, 7) is -0.0972. The predicted molar refractivity (Wildman–Crippen MR) is 135 cm³/mol. The third-order valence-electron chi connectivity index (χ3n) is 7.10. The maximum Gasteiger partial charge on any atom is 0.433 e. The molecule has 2 aliphatic heterocycles. The van der Waals surface area contributed by atoms with Gasteiger partial charge in [0, 0.05) is 49.5 Å². The van der Waals surface area contributed by atoms with Crippen molar-refractivity contribution in [1.29, 1.82) is 0 Å². The van der Waals surface area contributed by atoms with Crippen LogP contribution < -0.4 is 20.1 Å². The van der Waals surface area contributed by atoms with E-state index in [9.17, 15) is 40.4 Å². The van der Waals surface area contributed by atoms with E-state index in [0.29, 0.717) is 24.0 Å². The van der Waals surface area contributed by atoms with Crippen LogP contribution in [0.4, 0.5) is 23.4 Å². The van der Waals surface area contributed by atoms with Crippen LogP contribution in [-0.2, 0) is 29.4 Å². The van der Waals surface area contributed by atoms with Crippen LogP contribution >= 0.6 is 0 Å². The number of ether oxygens (including phenoxy) is 2. The molecule has 2 N–H and O–H groups in total. The fourth-order valence-corrected chi connectivity index (χ4v) is 6.35. The summed E-state index contributed by atoms with van der Waals surface area (Å²) < 4.78 is 97.9. The molecule has 11 nitrogen and oxygen atoms in total. The van der Waals surface area contributed by atoms with E-state index < -0.39 is 51.3 Å². The van der Waals surface area contributed by atoms with Crippen LogP contribution in [-0.4, -0.2) is 57.6 Å². The molecule has 4 heterocycles. The first-order valence-electron chi connectivity index (χ1n) is 12.3. The van der Waals surface area contributed by atoms with Crippen molar-refractivity contribution in [3.63, 3.8) is 0 Å². The zero-order valence-electron chi connectivity index (χ0n) is 21.2. The molecule has 0 aliphatic carbocycles. The Morgan fingerprint density at radius 1 is 1.17 bits per heavy atom. The lowest BCUT2D eigenvalue weighted by Gasteiger charge is -2.42. The standard InChI is InChI=1S/C25H24F4N4O7S/c26-18-7-15(1-2-19(18)40-17-3-5-30-20(8-17)25(27,28)29)12-39-21-9-22-32-6-4-24(13-34,14-41(36,37)38)10-16(32)11-33(22)23(35)31-21/h1-3,5,7-9,16,34H,4,6,10-14H2,(H,36,37,38). The van der Waals surface area contributed by atoms with E-state index in [4.69, 9.17) is 9.47 Å². The fourth-order valence-electron chi connectivity index (χ4n) is 5.22. The lowest BCUT2D eigenvalue weighted by atomic mass is 9.77. The molecule has 5 rings (SSSR count). The van der Waals surface area contributed by atoms with E-state index in [1.54, 1.807) is 0 Å². The summed E-state index contributed by atoms with van der Waals surface area (Å²) in [6, 6.07) is 6.78. The molecule has 0 radical (unpaired) electrons. The van der Waals surface area contributed by atoms with Crippen molar-refractivity contribution in [3.05, 3.63) is 70.2 Å². The average Bonchev–Trinajstić information content (AvgIpc) is 3.25. The third-order valence-corrected chi connectivity index (χ3v) is 8.08. The minimum atomic E-state index is -4.69. The van der Waals surface area contributed by atoms with Gasteiger partial charge in [-0.25, -0.2) is 9.18 Å². The van der Waals surface area contributed by atoms with Crippen LogP contribution in [0, 0.1) is 11.2 Å². The number of aliphatic hydroxyl groups excluding tert-OH is 1. The highest BCUT2D eigenvalue weighted by molar-refractivity contribution is 7.85. The maximum absolute atomic E-state index is 14.7. The molecule has 2 atom stereocenters. The largest absolute Gasteiger partial charge is 0.473 e. The number of piperidine rings is 1. The van der Waals surface area contributed by atoms with E-state index in [0.717, 1.165) is 18.3 Å². The quantitative estimate of drug-likeness (QED) is 0.293. The molecule has 16 heteroatoms. The smallest absolute Gasteiger partial charge is 0.433 e. The number of anilines is 1. The second kappa shape index (κ2) is 10.6. The van der Waals surface area contributed by atoms with Crippen molar-refractivity contribution >= 4 is 15.9 Å². The van der Waals surface area contributed by atoms with Gasteiger partial charge in [-0.3, -0.25) is 14.1 Å². The Hall–Kier alpha value is -3.76. The highest BCUT2D eigenvalue weighted by Crippen LogP contribution is 2.41. The summed E-state index contributed by atoms with van der Waals surface area (Å²) in [4.78, 5) is 21.7. The zero-order chi connectivity index (χ0) is 29.6. The molecule has 220 valence electrons. The summed E-state index contributed by atoms with van der Waals surface area (Å²) >= 11 is 0. The molecule has 0 amide bonds. The van der Waals surface area contributed by atoms with Crippen molar-refractivity contribution in [3.8, 4) is 17.4 Å². The lowest BCUT2D eigenvalue weighted by Crippen LogP contribution is -2.49. The highest BCUT2D eigenvalue weighted by Gasteiger charge is 2.45. The molecule has 0 saturated carbocycles. The summed E-state index contributed by atoms with van der Waals surface area (Å²) in [7, 11) is -4.33. The number of hydrogen-bond acceptors (Lipinski definition) is 9. The van der Waals surface area contributed by atoms with Gasteiger partial charge in [0.15, 0.2) is 11.6 Å². The molecular formula is C25H24F4N4O7S. The summed E-state index contributed by atoms with van der Waals surface area (Å²) in [5, 5.41) is 9.90. The number of pyridine rings is 1. The number of benzene rings is 1. The second-order valence-corrected chi connectivity index (χ2v) is 11.5. The molecule has 1 saturated heterocycles. The topological polar surface area (TPSA) is 144 Å². The van der Waals surface area contributed by atoms with Gasteiger partial charge in [0.25, 0.3) is 10.1 Å². The first-order valence-corrected chi connectivity index (χ1v) is 13.9. The lowest BCUT2D eigenvalue weighted by molar-refractivity contribution is -0.141. The van der Waals surface area contributed by atoms with Crippen LogP contribution in [0.3, 0.4) is 0 Å². The van der Waals surface area contributed by atoms with Crippen molar-refractivity contribution < 1.29 is 45.1 Å². The Bertz CT molecular complexity index is 1630. The molecule has 2 aromatic heterocycles. The minimum Gasteiger partial charge on any atom is -0.473 e. The molecule has 2 aliphatic rings. The predicted octanol–water partition coefficient (Wildman–Crippen LogP) is 3.02. The van der Waals surface area contributed by atoms with Crippen LogP contribution in [0.1, 0.15) is 24.1 Å². The molecule has 1 fully saturated rings. The van der Waals surface area contributed by atoms with Gasteiger partial charge in [-0.05, 0) is 36.6 Å². The molecule has 2 unspecified atom stereocenters. The van der Waals surface area contributed by atoms with E-state index in [1.165, 1.54) is 22.8 Å². The zero-order valence-corrected chi connectivity index (χ0v) is 22.0. The second-order valence-electron chi connectivity index (χ2n) is 10.1. The van der Waals surface area contributed by atoms with E-state index in [2.05, 4.69) is 9.97 Å². The number of aliphatic hydroxyl groups is 1. The van der Waals surface area contributed by atoms with Gasteiger partial charge >= 0.3 is 11.9 Å². The monoisotopic (exact) mass is 600 g/mol. The minimum absolute atomic E-state index is 0.0315. The number of rotatable bonds is 8. The Kier molecular flexibility index (Phi) is 7.42. The number of hydrogen-bond donors (Lipinski definition) is 2. The molecular weight excluding hydrogens is 576 g/mol. The number of nitrogens with zero attached hydrogens (tertiary/aromatic N) is 4. The SMILES string of the molecule is O=c1nc(OCc2ccc(Oc3ccnc(C(F)(F)F)c3)c(F)c2)cc2n1CC1CC(CO)(CS(=O)(=O)O)CCN21. The van der Waals surface area contributed by atoms with Gasteiger partial charge in [-0.15, -0.1) is 0 Å². The third kappa shape index (κ3) is 6.28. The molecule has 3 aromatic rings. The normalized spacial score (nSPS) is 20.4. The van der Waals surface area contributed by atoms with Crippen molar-refractivity contribution in [2.45, 2.75) is 38.2 Å². The summed E-state index contributed by atoms with van der Waals surface area (Å²) in [5.41, 5.74) is -2.50. The first kappa shape index (κ1) is 28.8. The van der Waals surface area contributed by atoms with Gasteiger partial charge in [-0.1, -0.05) is 6.07 Å². The van der Waals surface area contributed by atoms with Crippen molar-refractivity contribution in [1.82, 2.24) is 14.5 Å². The Labute approximate surface area is 230 Å². The highest BCUT2D eigenvalue weighted by atomic mass is 32.2. The van der Waals surface area contributed by atoms with Gasteiger partial charge in [0.05, 0.1) is 5.75 Å². The van der Waals surface area contributed by atoms with E-state index in [1.807, 2.05) is 4.90 Å². The van der Waals surface area contributed by atoms with Gasteiger partial charge < -0.3 is 19.5 Å². The first-order chi connectivity index (χ1) is 19.2. The van der Waals surface area contributed by atoms with Crippen LogP contribution in [0.5, 0.6) is 17.4 Å². The summed E-state index contributed by atoms with van der Waals surface area (Å²) in [5.74, 6) is -1.54. The van der Waals surface area contributed by atoms with Gasteiger partial charge in [0.2, 0.25) is 5.88 Å². The maximum atomic E-state index is 14.7. The molecule has 0 spiro atoms. The Morgan fingerprint density at radius 2 is 1.95 bits per heavy atom. The van der Waals surface area contributed by atoms with Crippen LogP contribution in [0.15, 0.2) is 47.4 Å². The average molecular weight is 601 g/mol. The van der Waals surface area contributed by atoms with Crippen LogP contribution in [0.25, 0.3) is 0 Å². The van der Waals surface area contributed by atoms with Gasteiger partial charge in [0.1, 0.15) is 23.9 Å². The number of halogens is 4. The van der Waals surface area contributed by atoms with Crippen molar-refractivity contribution in [2.24, 2.45) is 5.41 Å². The molecule has 1 aromatic carbocycles.